The molecule has 0 radical (unpaired) electrons. The van der Waals surface area contributed by atoms with Crippen LogP contribution in [-0.4, -0.2) is 0 Å². The average molecular weight is 306 g/mol. The average Bonchev–Trinajstić information content (AvgIpc) is 2.63. The molecule has 0 unspecified atom stereocenters. The Morgan fingerprint density at radius 2 is 0.917 bits per heavy atom. The number of hydrogen-bond donors (Lipinski definition) is 0. The van der Waals surface area contributed by atoms with Crippen molar-refractivity contribution in [1.82, 2.24) is 0 Å². The third-order valence-corrected chi connectivity index (χ3v) is 5.03. The minimum absolute atomic E-state index is 1.08. The highest BCUT2D eigenvalue weighted by Gasteiger charge is 2.03. The van der Waals surface area contributed by atoms with Crippen LogP contribution < -0.4 is 0 Å². The minimum atomic E-state index is 1.08. The van der Waals surface area contributed by atoms with Crippen LogP contribution in [0.4, 0.5) is 0 Å². The molecule has 0 saturated carbocycles. The third-order valence-electron chi connectivity index (χ3n) is 5.03. The van der Waals surface area contributed by atoms with Crippen molar-refractivity contribution < 1.29 is 0 Å². The molecule has 0 spiro atoms. The molecule has 0 fully saturated rings. The van der Waals surface area contributed by atoms with Gasteiger partial charge in [-0.05, 0) is 68.8 Å². The van der Waals surface area contributed by atoms with Crippen molar-refractivity contribution in [3.63, 3.8) is 0 Å². The zero-order valence-corrected chi connectivity index (χ0v) is 13.5. The molecule has 0 heterocycles. The Bertz CT molecular complexity index is 1100. The lowest BCUT2D eigenvalue weighted by Gasteiger charge is -2.06. The van der Waals surface area contributed by atoms with Crippen LogP contribution in [0.2, 0.25) is 0 Å². The van der Waals surface area contributed by atoms with Gasteiger partial charge in [-0.25, -0.2) is 0 Å². The first-order chi connectivity index (χ1) is 11.8. The molecule has 0 atom stereocenters. The molecule has 7 rings (SSSR count). The quantitative estimate of drug-likeness (QED) is 0.359. The largest absolute Gasteiger partial charge is 0.0584 e. The number of fused-ring (bicyclic) bond motifs is 2. The van der Waals surface area contributed by atoms with Gasteiger partial charge in [-0.2, -0.15) is 0 Å². The van der Waals surface area contributed by atoms with E-state index in [1.54, 1.807) is 0 Å². The maximum atomic E-state index is 2.34. The first-order valence-electron chi connectivity index (χ1n) is 8.57. The number of rotatable bonds is 0. The van der Waals surface area contributed by atoms with Gasteiger partial charge < -0.3 is 0 Å². The first-order valence-corrected chi connectivity index (χ1v) is 8.57. The fraction of sp³-hybridized carbons (Fsp3) is 0.0833. The summed E-state index contributed by atoms with van der Waals surface area (Å²) in [5.41, 5.74) is 5.33. The highest BCUT2D eigenvalue weighted by Crippen LogP contribution is 2.24. The van der Waals surface area contributed by atoms with Gasteiger partial charge >= 0.3 is 0 Å². The van der Waals surface area contributed by atoms with Crippen LogP contribution in [0, 0.1) is 0 Å². The van der Waals surface area contributed by atoms with Crippen molar-refractivity contribution in [2.45, 2.75) is 12.8 Å². The summed E-state index contributed by atoms with van der Waals surface area (Å²) in [5.74, 6) is 0. The second kappa shape index (κ2) is 5.35. The molecular formula is C24H18. The lowest BCUT2D eigenvalue weighted by molar-refractivity contribution is 0.964. The number of benzene rings is 4. The summed E-state index contributed by atoms with van der Waals surface area (Å²) in [7, 11) is 0. The lowest BCUT2D eigenvalue weighted by atomic mass is 9.99. The second-order valence-corrected chi connectivity index (χ2v) is 6.72. The standard InChI is InChI=1S/C24H18/c1-3-19-5-9-21-10-6-20(16-24(21)15-19)4-2-18-8-12-22-13-17(1)7-11-23(22)14-18/h1,3,5-16H,2,4H2/b3-1-. The van der Waals surface area contributed by atoms with Gasteiger partial charge in [-0.1, -0.05) is 72.8 Å². The van der Waals surface area contributed by atoms with Crippen LogP contribution in [0.15, 0.2) is 72.8 Å². The van der Waals surface area contributed by atoms with E-state index in [1.165, 1.54) is 43.8 Å². The summed E-state index contributed by atoms with van der Waals surface area (Å²) in [6.45, 7) is 0. The number of aryl methyl sites for hydroxylation is 2. The molecule has 4 aromatic rings. The van der Waals surface area contributed by atoms with Crippen LogP contribution in [0.5, 0.6) is 0 Å². The SMILES string of the molecule is C1=C\c2ccc3ccc(cc3c2)CCc2ccc3cc/1ccc3c2. The molecule has 24 heavy (non-hydrogen) atoms. The van der Waals surface area contributed by atoms with Crippen molar-refractivity contribution in [3.8, 4) is 0 Å². The molecule has 7 bridgehead atoms. The molecule has 0 aromatic heterocycles. The van der Waals surface area contributed by atoms with Crippen LogP contribution >= 0.6 is 0 Å². The number of hydrogen-bond acceptors (Lipinski definition) is 0. The molecule has 0 nitrogen and oxygen atoms in total. The van der Waals surface area contributed by atoms with Crippen LogP contribution in [0.1, 0.15) is 22.3 Å². The van der Waals surface area contributed by atoms with Crippen molar-refractivity contribution in [2.75, 3.05) is 0 Å². The zero-order chi connectivity index (χ0) is 15.9. The van der Waals surface area contributed by atoms with E-state index < -0.39 is 0 Å². The molecule has 3 aliphatic rings. The van der Waals surface area contributed by atoms with Crippen molar-refractivity contribution in [2.24, 2.45) is 0 Å². The van der Waals surface area contributed by atoms with Crippen molar-refractivity contribution in [1.29, 1.82) is 0 Å². The fourth-order valence-corrected chi connectivity index (χ4v) is 3.63. The summed E-state index contributed by atoms with van der Waals surface area (Å²) in [6.07, 6.45) is 6.58. The molecule has 0 saturated heterocycles. The highest BCUT2D eigenvalue weighted by atomic mass is 14.1. The van der Waals surface area contributed by atoms with E-state index in [1.807, 2.05) is 0 Å². The van der Waals surface area contributed by atoms with Gasteiger partial charge in [0.1, 0.15) is 0 Å². The van der Waals surface area contributed by atoms with Gasteiger partial charge in [-0.15, -0.1) is 0 Å². The van der Waals surface area contributed by atoms with Gasteiger partial charge in [0.15, 0.2) is 0 Å². The predicted octanol–water partition coefficient (Wildman–Crippen LogP) is 6.26. The van der Waals surface area contributed by atoms with E-state index in [0.717, 1.165) is 12.8 Å². The van der Waals surface area contributed by atoms with Gasteiger partial charge in [-0.3, -0.25) is 0 Å². The first kappa shape index (κ1) is 13.6. The molecule has 114 valence electrons. The van der Waals surface area contributed by atoms with E-state index >= 15 is 0 Å². The molecule has 4 aromatic carbocycles. The maximum Gasteiger partial charge on any atom is -0.0175 e. The molecule has 3 aliphatic carbocycles. The summed E-state index contributed by atoms with van der Waals surface area (Å²) >= 11 is 0. The van der Waals surface area contributed by atoms with E-state index in [0.29, 0.717) is 0 Å². The van der Waals surface area contributed by atoms with E-state index in [2.05, 4.69) is 84.9 Å². The topological polar surface area (TPSA) is 0 Å². The van der Waals surface area contributed by atoms with Crippen LogP contribution in [0.3, 0.4) is 0 Å². The maximum absolute atomic E-state index is 2.34. The van der Waals surface area contributed by atoms with Crippen molar-refractivity contribution in [3.05, 3.63) is 95.1 Å². The fourth-order valence-electron chi connectivity index (χ4n) is 3.63. The van der Waals surface area contributed by atoms with Crippen LogP contribution in [0.25, 0.3) is 33.7 Å². The summed E-state index contributed by atoms with van der Waals surface area (Å²) in [6, 6.07) is 27.1. The Morgan fingerprint density at radius 3 is 1.67 bits per heavy atom. The summed E-state index contributed by atoms with van der Waals surface area (Å²) < 4.78 is 0. The van der Waals surface area contributed by atoms with E-state index in [9.17, 15) is 0 Å². The molecule has 0 amide bonds. The second-order valence-electron chi connectivity index (χ2n) is 6.72. The monoisotopic (exact) mass is 306 g/mol. The minimum Gasteiger partial charge on any atom is -0.0584 e. The van der Waals surface area contributed by atoms with Gasteiger partial charge in [0.2, 0.25) is 0 Å². The Hall–Kier alpha value is -2.86. The summed E-state index contributed by atoms with van der Waals surface area (Å²) in [5, 5.41) is 5.28. The Labute approximate surface area is 142 Å². The summed E-state index contributed by atoms with van der Waals surface area (Å²) in [4.78, 5) is 0. The normalized spacial score (nSPS) is 14.7. The Balaban J connectivity index is 1.74. The van der Waals surface area contributed by atoms with Gasteiger partial charge in [0.05, 0.1) is 0 Å². The molecular weight excluding hydrogens is 288 g/mol. The lowest BCUT2D eigenvalue weighted by Crippen LogP contribution is -1.92. The molecule has 0 heteroatoms. The van der Waals surface area contributed by atoms with E-state index in [-0.39, 0.29) is 0 Å². The Kier molecular flexibility index (Phi) is 3.02. The van der Waals surface area contributed by atoms with E-state index in [4.69, 9.17) is 0 Å². The van der Waals surface area contributed by atoms with Gasteiger partial charge in [0, 0.05) is 0 Å². The highest BCUT2D eigenvalue weighted by molar-refractivity contribution is 5.89. The third kappa shape index (κ3) is 2.41. The van der Waals surface area contributed by atoms with Gasteiger partial charge in [0.25, 0.3) is 0 Å². The molecule has 0 N–H and O–H groups in total. The molecule has 0 aliphatic heterocycles. The zero-order valence-electron chi connectivity index (χ0n) is 13.5. The Morgan fingerprint density at radius 1 is 0.417 bits per heavy atom. The van der Waals surface area contributed by atoms with Crippen LogP contribution in [-0.2, 0) is 12.8 Å². The smallest absolute Gasteiger partial charge is 0.0175 e. The van der Waals surface area contributed by atoms with Crippen molar-refractivity contribution >= 4 is 33.7 Å². The predicted molar refractivity (Wildman–Crippen MR) is 104 cm³/mol.